The number of rotatable bonds is 9. The van der Waals surface area contributed by atoms with Gasteiger partial charge < -0.3 is 9.47 Å². The minimum atomic E-state index is -0.413. The van der Waals surface area contributed by atoms with Crippen LogP contribution in [0.1, 0.15) is 54.3 Å². The first-order chi connectivity index (χ1) is 15.3. The number of hydrogen-bond acceptors (Lipinski definition) is 5. The van der Waals surface area contributed by atoms with E-state index in [9.17, 15) is 9.59 Å². The molecule has 0 atom stereocenters. The zero-order valence-electron chi connectivity index (χ0n) is 18.4. The van der Waals surface area contributed by atoms with Crippen LogP contribution in [-0.4, -0.2) is 30.1 Å². The highest BCUT2D eigenvalue weighted by molar-refractivity contribution is 9.10. The highest BCUT2D eigenvalue weighted by atomic mass is 79.9. The molecule has 2 aromatic rings. The van der Waals surface area contributed by atoms with Crippen LogP contribution in [-0.2, 0) is 0 Å². The molecule has 32 heavy (non-hydrogen) atoms. The summed E-state index contributed by atoms with van der Waals surface area (Å²) in [6, 6.07) is 11.8. The molecule has 0 unspecified atom stereocenters. The average Bonchev–Trinajstić information content (AvgIpc) is 2.77. The summed E-state index contributed by atoms with van der Waals surface area (Å²) >= 11 is 8.51. The van der Waals surface area contributed by atoms with Crippen molar-refractivity contribution in [1.82, 2.24) is 16.2 Å². The van der Waals surface area contributed by atoms with Gasteiger partial charge in [0.05, 0.1) is 17.7 Å². The number of hydrogen-bond donors (Lipinski definition) is 3. The second-order valence-electron chi connectivity index (χ2n) is 7.44. The lowest BCUT2D eigenvalue weighted by atomic mass is 10.2. The minimum Gasteiger partial charge on any atom is -0.493 e. The van der Waals surface area contributed by atoms with Gasteiger partial charge in [0.15, 0.2) is 5.11 Å². The molecule has 2 aromatic carbocycles. The molecule has 0 heterocycles. The van der Waals surface area contributed by atoms with Crippen molar-refractivity contribution < 1.29 is 19.1 Å². The molecule has 0 aliphatic carbocycles. The third kappa shape index (κ3) is 8.47. The Hall–Kier alpha value is -2.65. The van der Waals surface area contributed by atoms with Crippen LogP contribution in [0, 0.1) is 5.92 Å². The summed E-state index contributed by atoms with van der Waals surface area (Å²) < 4.78 is 11.9. The Bertz CT molecular complexity index is 935. The fraction of sp³-hybridized carbons (Fsp3) is 0.348. The van der Waals surface area contributed by atoms with Crippen molar-refractivity contribution >= 4 is 45.1 Å². The largest absolute Gasteiger partial charge is 0.493 e. The van der Waals surface area contributed by atoms with Crippen molar-refractivity contribution in [2.24, 2.45) is 5.92 Å². The topological polar surface area (TPSA) is 88.7 Å². The first kappa shape index (κ1) is 25.6. The van der Waals surface area contributed by atoms with Crippen molar-refractivity contribution in [2.45, 2.75) is 33.6 Å². The average molecular weight is 522 g/mol. The smallest absolute Gasteiger partial charge is 0.269 e. The molecule has 0 aliphatic rings. The van der Waals surface area contributed by atoms with E-state index < -0.39 is 11.8 Å². The van der Waals surface area contributed by atoms with Crippen molar-refractivity contribution in [3.05, 3.63) is 58.1 Å². The molecule has 0 spiro atoms. The summed E-state index contributed by atoms with van der Waals surface area (Å²) in [7, 11) is 0. The quantitative estimate of drug-likeness (QED) is 0.253. The van der Waals surface area contributed by atoms with Gasteiger partial charge in [0.25, 0.3) is 11.8 Å². The molecule has 0 bridgehead atoms. The van der Waals surface area contributed by atoms with E-state index in [4.69, 9.17) is 21.7 Å². The first-order valence-electron chi connectivity index (χ1n) is 10.4. The van der Waals surface area contributed by atoms with E-state index in [-0.39, 0.29) is 5.11 Å². The van der Waals surface area contributed by atoms with Crippen LogP contribution in [0.25, 0.3) is 0 Å². The van der Waals surface area contributed by atoms with Gasteiger partial charge in [0.1, 0.15) is 11.5 Å². The van der Waals surface area contributed by atoms with Crippen molar-refractivity contribution in [3.63, 3.8) is 0 Å². The Morgan fingerprint density at radius 3 is 2.31 bits per heavy atom. The number of unbranched alkanes of at least 4 members (excludes halogenated alkanes) is 1. The first-order valence-corrected chi connectivity index (χ1v) is 11.6. The summed E-state index contributed by atoms with van der Waals surface area (Å²) in [5.41, 5.74) is 5.81. The van der Waals surface area contributed by atoms with Crippen LogP contribution in [0.2, 0.25) is 0 Å². The molecular weight excluding hydrogens is 494 g/mol. The molecule has 0 radical (unpaired) electrons. The monoisotopic (exact) mass is 521 g/mol. The molecule has 9 heteroatoms. The molecule has 3 N–H and O–H groups in total. The Morgan fingerprint density at radius 2 is 1.69 bits per heavy atom. The lowest BCUT2D eigenvalue weighted by Crippen LogP contribution is -2.48. The van der Waals surface area contributed by atoms with Gasteiger partial charge in [-0.15, -0.1) is 0 Å². The van der Waals surface area contributed by atoms with Gasteiger partial charge in [-0.05, 0) is 83.0 Å². The Balaban J connectivity index is 1.82. The van der Waals surface area contributed by atoms with Gasteiger partial charge in [-0.1, -0.05) is 27.2 Å². The Kier molecular flexibility index (Phi) is 10.4. The van der Waals surface area contributed by atoms with Crippen LogP contribution >= 0.6 is 28.1 Å². The maximum Gasteiger partial charge on any atom is 0.269 e. The van der Waals surface area contributed by atoms with E-state index in [1.807, 2.05) is 0 Å². The Labute approximate surface area is 202 Å². The molecule has 0 saturated heterocycles. The van der Waals surface area contributed by atoms with Gasteiger partial charge in [0, 0.05) is 11.1 Å². The van der Waals surface area contributed by atoms with Gasteiger partial charge in [-0.3, -0.25) is 25.8 Å². The third-order valence-corrected chi connectivity index (χ3v) is 4.99. The maximum absolute atomic E-state index is 12.4. The molecular formula is C23H28BrN3O4S. The number of thiocarbonyl (C=S) groups is 1. The number of carbonyl (C=O) groups is 2. The van der Waals surface area contributed by atoms with Gasteiger partial charge in [-0.2, -0.15) is 0 Å². The zero-order valence-corrected chi connectivity index (χ0v) is 20.8. The summed E-state index contributed by atoms with van der Waals surface area (Å²) in [5.74, 6) is 0.969. The number of carbonyl (C=O) groups excluding carboxylic acids is 2. The van der Waals surface area contributed by atoms with Crippen molar-refractivity contribution in [1.29, 1.82) is 0 Å². The summed E-state index contributed by atoms with van der Waals surface area (Å²) in [6.45, 7) is 7.43. The standard InChI is InChI=1S/C23H28BrN3O4S/c1-4-5-12-30-20-11-8-17(13-19(20)24)21(28)25-23(32)27-26-22(29)16-6-9-18(10-7-16)31-14-15(2)3/h6-11,13,15H,4-5,12,14H2,1-3H3,(H,26,29)(H2,25,27,28,32). The normalized spacial score (nSPS) is 10.4. The molecule has 7 nitrogen and oxygen atoms in total. The highest BCUT2D eigenvalue weighted by Crippen LogP contribution is 2.26. The number of benzene rings is 2. The number of hydrazine groups is 1. The van der Waals surface area contributed by atoms with Crippen molar-refractivity contribution in [3.8, 4) is 11.5 Å². The van der Waals surface area contributed by atoms with Crippen LogP contribution < -0.4 is 25.6 Å². The molecule has 0 fully saturated rings. The van der Waals surface area contributed by atoms with E-state index in [2.05, 4.69) is 52.9 Å². The summed E-state index contributed by atoms with van der Waals surface area (Å²) in [5, 5.41) is 2.50. The third-order valence-electron chi connectivity index (χ3n) is 4.17. The number of halogens is 1. The lowest BCUT2D eigenvalue weighted by Gasteiger charge is -2.12. The molecule has 2 rings (SSSR count). The number of amides is 2. The molecule has 0 aliphatic heterocycles. The maximum atomic E-state index is 12.4. The van der Waals surface area contributed by atoms with E-state index in [0.717, 1.165) is 12.8 Å². The summed E-state index contributed by atoms with van der Waals surface area (Å²) in [4.78, 5) is 24.7. The van der Waals surface area contributed by atoms with Gasteiger partial charge in [0.2, 0.25) is 0 Å². The van der Waals surface area contributed by atoms with Crippen LogP contribution in [0.3, 0.4) is 0 Å². The predicted molar refractivity (Wildman–Crippen MR) is 132 cm³/mol. The molecule has 2 amide bonds. The van der Waals surface area contributed by atoms with E-state index in [0.29, 0.717) is 46.2 Å². The van der Waals surface area contributed by atoms with E-state index in [1.54, 1.807) is 42.5 Å². The fourth-order valence-corrected chi connectivity index (χ4v) is 3.08. The van der Waals surface area contributed by atoms with Crippen molar-refractivity contribution in [2.75, 3.05) is 13.2 Å². The Morgan fingerprint density at radius 1 is 1.00 bits per heavy atom. The van der Waals surface area contributed by atoms with Crippen LogP contribution in [0.4, 0.5) is 0 Å². The molecule has 0 saturated carbocycles. The highest BCUT2D eigenvalue weighted by Gasteiger charge is 2.12. The second kappa shape index (κ2) is 13.0. The number of ether oxygens (including phenoxy) is 2. The minimum absolute atomic E-state index is 0.0281. The second-order valence-corrected chi connectivity index (χ2v) is 8.70. The van der Waals surface area contributed by atoms with Crippen LogP contribution in [0.5, 0.6) is 11.5 Å². The summed E-state index contributed by atoms with van der Waals surface area (Å²) in [6.07, 6.45) is 1.99. The van der Waals surface area contributed by atoms with E-state index >= 15 is 0 Å². The molecule has 172 valence electrons. The van der Waals surface area contributed by atoms with E-state index in [1.165, 1.54) is 0 Å². The van der Waals surface area contributed by atoms with Gasteiger partial charge in [-0.25, -0.2) is 0 Å². The van der Waals surface area contributed by atoms with Crippen LogP contribution in [0.15, 0.2) is 46.9 Å². The predicted octanol–water partition coefficient (Wildman–Crippen LogP) is 4.61. The molecule has 0 aromatic heterocycles. The SMILES string of the molecule is CCCCOc1ccc(C(=O)NC(=S)NNC(=O)c2ccc(OCC(C)C)cc2)cc1Br. The van der Waals surface area contributed by atoms with Gasteiger partial charge >= 0.3 is 0 Å². The fourth-order valence-electron chi connectivity index (χ4n) is 2.44. The lowest BCUT2D eigenvalue weighted by molar-refractivity contribution is 0.0934. The number of nitrogens with one attached hydrogen (secondary N) is 3. The zero-order chi connectivity index (χ0) is 23.5.